The highest BCUT2D eigenvalue weighted by Crippen LogP contribution is 2.28. The lowest BCUT2D eigenvalue weighted by atomic mass is 10.2. The highest BCUT2D eigenvalue weighted by Gasteiger charge is 2.13. The zero-order chi connectivity index (χ0) is 15.7. The molecular formula is C15H22ClNO4. The van der Waals surface area contributed by atoms with E-state index in [2.05, 4.69) is 5.32 Å². The molecule has 21 heavy (non-hydrogen) atoms. The summed E-state index contributed by atoms with van der Waals surface area (Å²) in [6.45, 7) is 5.54. The van der Waals surface area contributed by atoms with Crippen LogP contribution < -0.4 is 14.8 Å². The number of methoxy groups -OCH3 is 1. The molecule has 118 valence electrons. The molecule has 1 aromatic rings. The Morgan fingerprint density at radius 1 is 1.24 bits per heavy atom. The van der Waals surface area contributed by atoms with Gasteiger partial charge in [-0.15, -0.1) is 11.6 Å². The molecular weight excluding hydrogens is 294 g/mol. The van der Waals surface area contributed by atoms with Crippen LogP contribution in [0.1, 0.15) is 24.2 Å². The average Bonchev–Trinajstić information content (AvgIpc) is 2.47. The highest BCUT2D eigenvalue weighted by atomic mass is 35.5. The minimum Gasteiger partial charge on any atom is -0.490 e. The number of benzene rings is 1. The first-order chi connectivity index (χ1) is 10.1. The van der Waals surface area contributed by atoms with Gasteiger partial charge in [0, 0.05) is 19.2 Å². The van der Waals surface area contributed by atoms with Crippen molar-refractivity contribution in [2.24, 2.45) is 0 Å². The molecule has 1 atom stereocenters. The van der Waals surface area contributed by atoms with Gasteiger partial charge in [-0.05, 0) is 32.0 Å². The van der Waals surface area contributed by atoms with Gasteiger partial charge in [0.15, 0.2) is 11.5 Å². The van der Waals surface area contributed by atoms with E-state index in [4.69, 9.17) is 25.8 Å². The molecule has 0 radical (unpaired) electrons. The second-order valence-electron chi connectivity index (χ2n) is 4.29. The van der Waals surface area contributed by atoms with E-state index < -0.39 is 0 Å². The maximum absolute atomic E-state index is 12.1. The van der Waals surface area contributed by atoms with Crippen LogP contribution in [0.5, 0.6) is 11.5 Å². The van der Waals surface area contributed by atoms with E-state index in [-0.39, 0.29) is 11.3 Å². The molecule has 6 heteroatoms. The molecule has 1 N–H and O–H groups in total. The Labute approximate surface area is 130 Å². The number of amides is 1. The highest BCUT2D eigenvalue weighted by molar-refractivity contribution is 6.21. The van der Waals surface area contributed by atoms with Crippen molar-refractivity contribution in [3.05, 3.63) is 23.8 Å². The summed E-state index contributed by atoms with van der Waals surface area (Å²) in [4.78, 5) is 12.1. The monoisotopic (exact) mass is 315 g/mol. The maximum atomic E-state index is 12.1. The van der Waals surface area contributed by atoms with E-state index in [1.165, 1.54) is 0 Å². The zero-order valence-corrected chi connectivity index (χ0v) is 13.4. The third-order valence-corrected chi connectivity index (χ3v) is 2.92. The van der Waals surface area contributed by atoms with Crippen LogP contribution in [0.2, 0.25) is 0 Å². The zero-order valence-electron chi connectivity index (χ0n) is 12.6. The molecule has 0 aliphatic heterocycles. The van der Waals surface area contributed by atoms with E-state index in [9.17, 15) is 4.79 Å². The largest absolute Gasteiger partial charge is 0.490 e. The molecule has 5 nitrogen and oxygen atoms in total. The second-order valence-corrected chi connectivity index (χ2v) is 4.91. The van der Waals surface area contributed by atoms with Gasteiger partial charge in [-0.25, -0.2) is 0 Å². The first kappa shape index (κ1) is 17.6. The number of carbonyl (C=O) groups is 1. The van der Waals surface area contributed by atoms with Crippen LogP contribution in [0, 0.1) is 0 Å². The van der Waals surface area contributed by atoms with E-state index in [1.807, 2.05) is 13.8 Å². The summed E-state index contributed by atoms with van der Waals surface area (Å²) in [6, 6.07) is 5.10. The average molecular weight is 316 g/mol. The van der Waals surface area contributed by atoms with E-state index >= 15 is 0 Å². The molecule has 1 aromatic carbocycles. The number of nitrogens with one attached hydrogen (secondary N) is 1. The molecule has 0 heterocycles. The van der Waals surface area contributed by atoms with Gasteiger partial charge >= 0.3 is 0 Å². The smallest absolute Gasteiger partial charge is 0.251 e. The van der Waals surface area contributed by atoms with E-state index in [0.717, 1.165) is 0 Å². The van der Waals surface area contributed by atoms with Gasteiger partial charge in [-0.3, -0.25) is 4.79 Å². The summed E-state index contributed by atoms with van der Waals surface area (Å²) in [6.07, 6.45) is 0. The van der Waals surface area contributed by atoms with Crippen LogP contribution in [-0.4, -0.2) is 44.8 Å². The van der Waals surface area contributed by atoms with Crippen LogP contribution in [0.15, 0.2) is 18.2 Å². The molecule has 0 fully saturated rings. The number of halogens is 1. The van der Waals surface area contributed by atoms with Crippen LogP contribution in [0.4, 0.5) is 0 Å². The molecule has 0 bridgehead atoms. The SMILES string of the molecule is CCOc1ccc(C(=O)NCC(Cl)COC)cc1OCC. The van der Waals surface area contributed by atoms with Crippen molar-refractivity contribution in [2.75, 3.05) is 33.5 Å². The minimum atomic E-state index is -0.256. The van der Waals surface area contributed by atoms with Gasteiger partial charge in [-0.2, -0.15) is 0 Å². The molecule has 0 saturated carbocycles. The first-order valence-electron chi connectivity index (χ1n) is 6.93. The minimum absolute atomic E-state index is 0.208. The molecule has 1 unspecified atom stereocenters. The number of alkyl halides is 1. The summed E-state index contributed by atoms with van der Waals surface area (Å²) < 4.78 is 15.9. The van der Waals surface area contributed by atoms with Crippen molar-refractivity contribution in [1.82, 2.24) is 5.32 Å². The normalized spacial score (nSPS) is 11.8. The Balaban J connectivity index is 2.73. The molecule has 0 aromatic heterocycles. The Kier molecular flexibility index (Phi) is 7.93. The Morgan fingerprint density at radius 3 is 2.52 bits per heavy atom. The van der Waals surface area contributed by atoms with Gasteiger partial charge < -0.3 is 19.5 Å². The van der Waals surface area contributed by atoms with E-state index in [1.54, 1.807) is 25.3 Å². The maximum Gasteiger partial charge on any atom is 0.251 e. The fourth-order valence-electron chi connectivity index (χ4n) is 1.74. The number of hydrogen-bond acceptors (Lipinski definition) is 4. The molecule has 0 spiro atoms. The first-order valence-corrected chi connectivity index (χ1v) is 7.36. The van der Waals surface area contributed by atoms with Crippen molar-refractivity contribution < 1.29 is 19.0 Å². The number of ether oxygens (including phenoxy) is 3. The summed E-state index contributed by atoms with van der Waals surface area (Å²) in [7, 11) is 1.57. The third-order valence-electron chi connectivity index (χ3n) is 2.64. The molecule has 0 saturated heterocycles. The number of rotatable bonds is 9. The van der Waals surface area contributed by atoms with Crippen molar-refractivity contribution in [3.63, 3.8) is 0 Å². The Hall–Kier alpha value is -1.46. The summed E-state index contributed by atoms with van der Waals surface area (Å²) in [5.74, 6) is 0.984. The quantitative estimate of drug-likeness (QED) is 0.711. The van der Waals surface area contributed by atoms with Gasteiger partial charge in [-0.1, -0.05) is 0 Å². The number of carbonyl (C=O) groups excluding carboxylic acids is 1. The predicted octanol–water partition coefficient (Wildman–Crippen LogP) is 2.47. The summed E-state index contributed by atoms with van der Waals surface area (Å²) in [5, 5.41) is 2.50. The second kappa shape index (κ2) is 9.47. The standard InChI is InChI=1S/C15H22ClNO4/c1-4-20-13-7-6-11(8-14(13)21-5-2)15(18)17-9-12(16)10-19-3/h6-8,12H,4-5,9-10H2,1-3H3,(H,17,18). The van der Waals surface area contributed by atoms with Crippen molar-refractivity contribution in [1.29, 1.82) is 0 Å². The Morgan fingerprint density at radius 2 is 1.90 bits per heavy atom. The van der Waals surface area contributed by atoms with Crippen LogP contribution in [0.3, 0.4) is 0 Å². The van der Waals surface area contributed by atoms with Gasteiger partial charge in [0.25, 0.3) is 5.91 Å². The topological polar surface area (TPSA) is 56.8 Å². The lowest BCUT2D eigenvalue weighted by molar-refractivity contribution is 0.0948. The predicted molar refractivity (Wildman–Crippen MR) is 82.6 cm³/mol. The third kappa shape index (κ3) is 5.81. The fraction of sp³-hybridized carbons (Fsp3) is 0.533. The molecule has 1 rings (SSSR count). The summed E-state index contributed by atoms with van der Waals surface area (Å²) in [5.41, 5.74) is 0.503. The van der Waals surface area contributed by atoms with Crippen molar-refractivity contribution in [2.45, 2.75) is 19.2 Å². The van der Waals surface area contributed by atoms with Crippen LogP contribution >= 0.6 is 11.6 Å². The molecule has 1 amide bonds. The molecule has 0 aliphatic rings. The van der Waals surface area contributed by atoms with Crippen LogP contribution in [0.25, 0.3) is 0 Å². The van der Waals surface area contributed by atoms with Gasteiger partial charge in [0.2, 0.25) is 0 Å². The van der Waals surface area contributed by atoms with Crippen LogP contribution in [-0.2, 0) is 4.74 Å². The van der Waals surface area contributed by atoms with Crippen molar-refractivity contribution >= 4 is 17.5 Å². The number of hydrogen-bond donors (Lipinski definition) is 1. The van der Waals surface area contributed by atoms with Crippen molar-refractivity contribution in [3.8, 4) is 11.5 Å². The summed E-state index contributed by atoms with van der Waals surface area (Å²) >= 11 is 5.98. The Bertz CT molecular complexity index is 453. The van der Waals surface area contributed by atoms with Gasteiger partial charge in [0.1, 0.15) is 0 Å². The van der Waals surface area contributed by atoms with Gasteiger partial charge in [0.05, 0.1) is 25.2 Å². The fourth-order valence-corrected chi connectivity index (χ4v) is 1.94. The molecule has 0 aliphatic carbocycles. The van der Waals surface area contributed by atoms with E-state index in [0.29, 0.717) is 43.4 Å². The lowest BCUT2D eigenvalue weighted by Crippen LogP contribution is -2.31. The lowest BCUT2D eigenvalue weighted by Gasteiger charge is -2.13.